The molecule has 0 aromatic heterocycles. The Morgan fingerprint density at radius 3 is 2.59 bits per heavy atom. The number of carbonyl (C=O) groups is 2. The largest absolute Gasteiger partial charge is 0.459 e. The Kier molecular flexibility index (Phi) is 7.84. The number of ether oxygens (including phenoxy) is 2. The van der Waals surface area contributed by atoms with Gasteiger partial charge in [-0.3, -0.25) is 0 Å². The number of carbonyl (C=O) groups excluding carboxylic acids is 2. The number of hydrogen-bond acceptors (Lipinski definition) is 4. The van der Waals surface area contributed by atoms with Gasteiger partial charge in [-0.1, -0.05) is 19.9 Å². The van der Waals surface area contributed by atoms with Crippen molar-refractivity contribution in [3.8, 4) is 0 Å². The van der Waals surface area contributed by atoms with Gasteiger partial charge >= 0.3 is 12.1 Å². The summed E-state index contributed by atoms with van der Waals surface area (Å²) in [5.41, 5.74) is 0. The fourth-order valence-corrected chi connectivity index (χ4v) is 1.22. The minimum Gasteiger partial charge on any atom is -0.459 e. The van der Waals surface area contributed by atoms with Gasteiger partial charge in [0.2, 0.25) is 0 Å². The topological polar surface area (TPSA) is 64.6 Å². The second kappa shape index (κ2) is 8.61. The second-order valence-corrected chi connectivity index (χ2v) is 3.88. The van der Waals surface area contributed by atoms with E-state index in [-0.39, 0.29) is 12.6 Å². The molecule has 5 nitrogen and oxygen atoms in total. The standard InChI is InChI=1S/C12H21NO4/c1-5-7-9(3)13-12(15)17-10(4)8-16-11(14)6-2/h6,9-10H,2,5,7-8H2,1,3-4H3,(H,13,15). The van der Waals surface area contributed by atoms with Crippen LogP contribution in [0, 0.1) is 0 Å². The average molecular weight is 243 g/mol. The SMILES string of the molecule is C=CC(=O)OCC(C)OC(=O)NC(C)CCC. The van der Waals surface area contributed by atoms with E-state index in [0.717, 1.165) is 18.9 Å². The van der Waals surface area contributed by atoms with E-state index < -0.39 is 18.2 Å². The van der Waals surface area contributed by atoms with Crippen molar-refractivity contribution < 1.29 is 19.1 Å². The zero-order valence-corrected chi connectivity index (χ0v) is 10.7. The molecule has 5 heteroatoms. The van der Waals surface area contributed by atoms with Crippen LogP contribution in [-0.2, 0) is 14.3 Å². The highest BCUT2D eigenvalue weighted by atomic mass is 16.6. The Bertz CT molecular complexity index is 265. The molecule has 0 radical (unpaired) electrons. The predicted molar refractivity (Wildman–Crippen MR) is 64.6 cm³/mol. The maximum Gasteiger partial charge on any atom is 0.407 e. The highest BCUT2D eigenvalue weighted by Gasteiger charge is 2.12. The molecule has 0 heterocycles. The van der Waals surface area contributed by atoms with Gasteiger partial charge < -0.3 is 14.8 Å². The lowest BCUT2D eigenvalue weighted by molar-refractivity contribution is -0.140. The minimum absolute atomic E-state index is 0.0282. The van der Waals surface area contributed by atoms with Gasteiger partial charge in [0.05, 0.1) is 0 Å². The summed E-state index contributed by atoms with van der Waals surface area (Å²) in [6.45, 7) is 8.90. The molecule has 0 aliphatic rings. The van der Waals surface area contributed by atoms with Crippen LogP contribution in [-0.4, -0.2) is 30.8 Å². The van der Waals surface area contributed by atoms with Crippen LogP contribution in [0.15, 0.2) is 12.7 Å². The van der Waals surface area contributed by atoms with Gasteiger partial charge in [-0.05, 0) is 20.3 Å². The van der Waals surface area contributed by atoms with E-state index in [0.29, 0.717) is 0 Å². The summed E-state index contributed by atoms with van der Waals surface area (Å²) in [5.74, 6) is -0.528. The molecular weight excluding hydrogens is 222 g/mol. The maximum absolute atomic E-state index is 11.4. The lowest BCUT2D eigenvalue weighted by atomic mass is 10.2. The molecule has 0 aliphatic carbocycles. The molecule has 0 spiro atoms. The quantitative estimate of drug-likeness (QED) is 0.549. The Hall–Kier alpha value is -1.52. The third kappa shape index (κ3) is 8.30. The van der Waals surface area contributed by atoms with Crippen molar-refractivity contribution in [3.63, 3.8) is 0 Å². The summed E-state index contributed by atoms with van der Waals surface area (Å²) in [7, 11) is 0. The van der Waals surface area contributed by atoms with Crippen LogP contribution < -0.4 is 5.32 Å². The van der Waals surface area contributed by atoms with Crippen molar-refractivity contribution in [1.82, 2.24) is 5.32 Å². The van der Waals surface area contributed by atoms with Crippen LogP contribution in [0.3, 0.4) is 0 Å². The van der Waals surface area contributed by atoms with Crippen LogP contribution in [0.25, 0.3) is 0 Å². The Morgan fingerprint density at radius 2 is 2.06 bits per heavy atom. The number of alkyl carbamates (subject to hydrolysis) is 1. The first-order chi connectivity index (χ1) is 7.99. The first-order valence-electron chi connectivity index (χ1n) is 5.75. The smallest absolute Gasteiger partial charge is 0.407 e. The average Bonchev–Trinajstić information content (AvgIpc) is 2.25. The third-order valence-electron chi connectivity index (χ3n) is 2.02. The molecule has 17 heavy (non-hydrogen) atoms. The van der Waals surface area contributed by atoms with E-state index in [4.69, 9.17) is 9.47 Å². The Balaban J connectivity index is 3.79. The second-order valence-electron chi connectivity index (χ2n) is 3.88. The van der Waals surface area contributed by atoms with E-state index in [1.807, 2.05) is 13.8 Å². The molecule has 98 valence electrons. The predicted octanol–water partition coefficient (Wildman–Crippen LogP) is 2.02. The van der Waals surface area contributed by atoms with Gasteiger partial charge in [0, 0.05) is 12.1 Å². The summed E-state index contributed by atoms with van der Waals surface area (Å²) < 4.78 is 9.75. The summed E-state index contributed by atoms with van der Waals surface area (Å²) in [6.07, 6.45) is 1.99. The van der Waals surface area contributed by atoms with Crippen molar-refractivity contribution in [2.45, 2.75) is 45.8 Å². The first kappa shape index (κ1) is 15.5. The van der Waals surface area contributed by atoms with Gasteiger partial charge in [-0.2, -0.15) is 0 Å². The molecule has 2 unspecified atom stereocenters. The van der Waals surface area contributed by atoms with Crippen molar-refractivity contribution in [1.29, 1.82) is 0 Å². The van der Waals surface area contributed by atoms with E-state index in [1.165, 1.54) is 0 Å². The van der Waals surface area contributed by atoms with Gasteiger partial charge in [0.1, 0.15) is 12.7 Å². The molecule has 0 fully saturated rings. The maximum atomic E-state index is 11.4. The van der Waals surface area contributed by atoms with Crippen LogP contribution in [0.5, 0.6) is 0 Å². The molecular formula is C12H21NO4. The molecule has 1 N–H and O–H groups in total. The third-order valence-corrected chi connectivity index (χ3v) is 2.02. The molecule has 0 aliphatic heterocycles. The van der Waals surface area contributed by atoms with Gasteiger partial charge in [0.25, 0.3) is 0 Å². The normalized spacial score (nSPS) is 13.4. The zero-order chi connectivity index (χ0) is 13.3. The molecule has 0 bridgehead atoms. The summed E-state index contributed by atoms with van der Waals surface area (Å²) in [6, 6.07) is 0.0791. The van der Waals surface area contributed by atoms with Crippen molar-refractivity contribution in [2.24, 2.45) is 0 Å². The van der Waals surface area contributed by atoms with E-state index >= 15 is 0 Å². The van der Waals surface area contributed by atoms with Gasteiger partial charge in [-0.25, -0.2) is 9.59 Å². The highest BCUT2D eigenvalue weighted by Crippen LogP contribution is 1.98. The first-order valence-corrected chi connectivity index (χ1v) is 5.75. The van der Waals surface area contributed by atoms with E-state index in [1.54, 1.807) is 6.92 Å². The number of hydrogen-bond donors (Lipinski definition) is 1. The van der Waals surface area contributed by atoms with Gasteiger partial charge in [0.15, 0.2) is 0 Å². The molecule has 0 aromatic carbocycles. The summed E-state index contributed by atoms with van der Waals surface area (Å²) in [5, 5.41) is 2.69. The fourth-order valence-electron chi connectivity index (χ4n) is 1.22. The van der Waals surface area contributed by atoms with Gasteiger partial charge in [-0.15, -0.1) is 0 Å². The monoisotopic (exact) mass is 243 g/mol. The number of nitrogens with one attached hydrogen (secondary N) is 1. The highest BCUT2D eigenvalue weighted by molar-refractivity contribution is 5.81. The van der Waals surface area contributed by atoms with Crippen molar-refractivity contribution >= 4 is 12.1 Å². The lowest BCUT2D eigenvalue weighted by Gasteiger charge is -2.16. The fraction of sp³-hybridized carbons (Fsp3) is 0.667. The number of esters is 1. The lowest BCUT2D eigenvalue weighted by Crippen LogP contribution is -2.36. The molecule has 0 saturated heterocycles. The Morgan fingerprint density at radius 1 is 1.41 bits per heavy atom. The summed E-state index contributed by atoms with van der Waals surface area (Å²) >= 11 is 0. The molecule has 2 atom stereocenters. The van der Waals surface area contributed by atoms with Crippen LogP contribution in [0.1, 0.15) is 33.6 Å². The number of amides is 1. The molecule has 1 amide bonds. The van der Waals surface area contributed by atoms with Crippen LogP contribution in [0.4, 0.5) is 4.79 Å². The summed E-state index contributed by atoms with van der Waals surface area (Å²) in [4.78, 5) is 22.1. The number of rotatable bonds is 7. The van der Waals surface area contributed by atoms with E-state index in [9.17, 15) is 9.59 Å². The Labute approximate surface area is 102 Å². The van der Waals surface area contributed by atoms with Crippen LogP contribution >= 0.6 is 0 Å². The van der Waals surface area contributed by atoms with Crippen molar-refractivity contribution in [2.75, 3.05) is 6.61 Å². The van der Waals surface area contributed by atoms with Crippen molar-refractivity contribution in [3.05, 3.63) is 12.7 Å². The minimum atomic E-state index is -0.528. The molecule has 0 aromatic rings. The zero-order valence-electron chi connectivity index (χ0n) is 10.7. The molecule has 0 saturated carbocycles. The van der Waals surface area contributed by atoms with Crippen LogP contribution in [0.2, 0.25) is 0 Å². The van der Waals surface area contributed by atoms with E-state index in [2.05, 4.69) is 11.9 Å². The molecule has 0 rings (SSSR count).